The first-order valence-corrected chi connectivity index (χ1v) is 7.33. The summed E-state index contributed by atoms with van der Waals surface area (Å²) in [6.45, 7) is 5.38. The van der Waals surface area contributed by atoms with Crippen LogP contribution in [-0.2, 0) is 4.74 Å². The van der Waals surface area contributed by atoms with Crippen molar-refractivity contribution in [2.24, 2.45) is 0 Å². The van der Waals surface area contributed by atoms with Gasteiger partial charge in [-0.3, -0.25) is 0 Å². The van der Waals surface area contributed by atoms with Crippen molar-refractivity contribution in [1.82, 2.24) is 4.90 Å². The molecule has 1 heterocycles. The van der Waals surface area contributed by atoms with Crippen LogP contribution in [0.1, 0.15) is 30.1 Å². The van der Waals surface area contributed by atoms with Gasteiger partial charge >= 0.3 is 5.97 Å². The van der Waals surface area contributed by atoms with Gasteiger partial charge in [-0.1, -0.05) is 6.92 Å². The van der Waals surface area contributed by atoms with Crippen molar-refractivity contribution in [3.8, 4) is 11.5 Å². The number of esters is 1. The molecule has 0 amide bonds. The van der Waals surface area contributed by atoms with Crippen molar-refractivity contribution in [2.45, 2.75) is 25.9 Å². The van der Waals surface area contributed by atoms with Gasteiger partial charge in [0, 0.05) is 13.1 Å². The number of carbonyl (C=O) groups excluding carboxylic acids is 1. The highest BCUT2D eigenvalue weighted by Gasteiger charge is 2.21. The molecule has 0 saturated carbocycles. The second-order valence-corrected chi connectivity index (χ2v) is 5.11. The number of carbonyl (C=O) groups is 1. The van der Waals surface area contributed by atoms with Gasteiger partial charge in [0.2, 0.25) is 0 Å². The lowest BCUT2D eigenvalue weighted by molar-refractivity contribution is 0.0600. The maximum Gasteiger partial charge on any atom is 0.337 e. The molecule has 0 N–H and O–H groups in total. The highest BCUT2D eigenvalue weighted by atomic mass is 16.5. The average Bonchev–Trinajstić information content (AvgIpc) is 2.55. The number of methoxy groups -OCH3 is 2. The molecule has 1 saturated heterocycles. The average molecular weight is 293 g/mol. The van der Waals surface area contributed by atoms with Gasteiger partial charge in [0.05, 0.1) is 19.8 Å². The first kappa shape index (κ1) is 15.6. The normalized spacial score (nSPS) is 16.5. The van der Waals surface area contributed by atoms with Gasteiger partial charge in [-0.2, -0.15) is 0 Å². The Labute approximate surface area is 125 Å². The number of hydrogen-bond donors (Lipinski definition) is 0. The van der Waals surface area contributed by atoms with Crippen molar-refractivity contribution >= 4 is 5.97 Å². The highest BCUT2D eigenvalue weighted by molar-refractivity contribution is 5.90. The third kappa shape index (κ3) is 3.88. The largest absolute Gasteiger partial charge is 0.493 e. The maximum absolute atomic E-state index is 11.5. The van der Waals surface area contributed by atoms with Gasteiger partial charge in [0.25, 0.3) is 0 Å². The lowest BCUT2D eigenvalue weighted by Crippen LogP contribution is -2.38. The van der Waals surface area contributed by atoms with Crippen LogP contribution in [0.4, 0.5) is 0 Å². The minimum Gasteiger partial charge on any atom is -0.493 e. The molecule has 0 spiro atoms. The molecule has 1 aliphatic rings. The second-order valence-electron chi connectivity index (χ2n) is 5.11. The van der Waals surface area contributed by atoms with Gasteiger partial charge in [0.1, 0.15) is 6.10 Å². The smallest absolute Gasteiger partial charge is 0.337 e. The summed E-state index contributed by atoms with van der Waals surface area (Å²) in [5.41, 5.74) is 0.461. The van der Waals surface area contributed by atoms with E-state index >= 15 is 0 Å². The minimum absolute atomic E-state index is 0.200. The fourth-order valence-electron chi connectivity index (χ4n) is 2.53. The number of hydrogen-bond acceptors (Lipinski definition) is 5. The molecule has 0 aliphatic carbocycles. The topological polar surface area (TPSA) is 48.0 Å². The molecular formula is C16H23NO4. The van der Waals surface area contributed by atoms with Crippen molar-refractivity contribution in [1.29, 1.82) is 0 Å². The lowest BCUT2D eigenvalue weighted by Gasteiger charge is -2.31. The van der Waals surface area contributed by atoms with Crippen LogP contribution in [0.15, 0.2) is 18.2 Å². The predicted octanol–water partition coefficient (Wildman–Crippen LogP) is 2.34. The van der Waals surface area contributed by atoms with E-state index in [0.717, 1.165) is 32.5 Å². The molecule has 0 radical (unpaired) electrons. The van der Waals surface area contributed by atoms with Crippen LogP contribution >= 0.6 is 0 Å². The number of rotatable bonds is 5. The van der Waals surface area contributed by atoms with Crippen molar-refractivity contribution in [3.05, 3.63) is 23.8 Å². The standard InChI is InChI=1S/C16H23NO4/c1-4-17-9-7-13(8-10-17)21-14-6-5-12(16(18)20-3)11-15(14)19-2/h5-6,11,13H,4,7-10H2,1-3H3. The van der Waals surface area contributed by atoms with E-state index in [4.69, 9.17) is 14.2 Å². The van der Waals surface area contributed by atoms with E-state index in [1.165, 1.54) is 7.11 Å². The van der Waals surface area contributed by atoms with E-state index in [-0.39, 0.29) is 12.1 Å². The molecule has 21 heavy (non-hydrogen) atoms. The summed E-state index contributed by atoms with van der Waals surface area (Å²) in [5.74, 6) is 0.868. The number of piperidine rings is 1. The summed E-state index contributed by atoms with van der Waals surface area (Å²) >= 11 is 0. The number of nitrogens with zero attached hydrogens (tertiary/aromatic N) is 1. The summed E-state index contributed by atoms with van der Waals surface area (Å²) < 4.78 is 16.1. The lowest BCUT2D eigenvalue weighted by atomic mass is 10.1. The Kier molecular flexibility index (Phi) is 5.44. The van der Waals surface area contributed by atoms with Crippen molar-refractivity contribution < 1.29 is 19.0 Å². The Bertz CT molecular complexity index is 481. The predicted molar refractivity (Wildman–Crippen MR) is 80.1 cm³/mol. The minimum atomic E-state index is -0.379. The van der Waals surface area contributed by atoms with E-state index in [1.54, 1.807) is 25.3 Å². The van der Waals surface area contributed by atoms with Crippen LogP contribution in [0.2, 0.25) is 0 Å². The summed E-state index contributed by atoms with van der Waals surface area (Å²) in [5, 5.41) is 0. The second kappa shape index (κ2) is 7.31. The van der Waals surface area contributed by atoms with Gasteiger partial charge in [-0.05, 0) is 37.6 Å². The zero-order chi connectivity index (χ0) is 15.2. The fourth-order valence-corrected chi connectivity index (χ4v) is 2.53. The monoisotopic (exact) mass is 293 g/mol. The Morgan fingerprint density at radius 1 is 1.24 bits per heavy atom. The number of ether oxygens (including phenoxy) is 3. The quantitative estimate of drug-likeness (QED) is 0.780. The molecule has 0 unspecified atom stereocenters. The molecule has 1 aromatic rings. The van der Waals surface area contributed by atoms with E-state index < -0.39 is 0 Å². The first-order valence-electron chi connectivity index (χ1n) is 7.33. The maximum atomic E-state index is 11.5. The van der Waals surface area contributed by atoms with Crippen molar-refractivity contribution in [2.75, 3.05) is 33.9 Å². The molecule has 5 heteroatoms. The van der Waals surface area contributed by atoms with Crippen molar-refractivity contribution in [3.63, 3.8) is 0 Å². The number of likely N-dealkylation sites (tertiary alicyclic amines) is 1. The van der Waals surface area contributed by atoms with Crippen LogP contribution in [0.5, 0.6) is 11.5 Å². The molecule has 0 aromatic heterocycles. The summed E-state index contributed by atoms with van der Waals surface area (Å²) in [4.78, 5) is 13.9. The summed E-state index contributed by atoms with van der Waals surface area (Å²) in [6, 6.07) is 5.13. The molecule has 2 rings (SSSR count). The van der Waals surface area contributed by atoms with Crippen LogP contribution in [0, 0.1) is 0 Å². The van der Waals surface area contributed by atoms with E-state index in [2.05, 4.69) is 11.8 Å². The Hall–Kier alpha value is -1.75. The van der Waals surface area contributed by atoms with Gasteiger partial charge in [-0.25, -0.2) is 4.79 Å². The Morgan fingerprint density at radius 3 is 2.52 bits per heavy atom. The molecule has 1 fully saturated rings. The van der Waals surface area contributed by atoms with Gasteiger partial charge in [0.15, 0.2) is 11.5 Å². The molecule has 0 bridgehead atoms. The SMILES string of the molecule is CCN1CCC(Oc2ccc(C(=O)OC)cc2OC)CC1. The molecule has 1 aromatic carbocycles. The molecule has 1 aliphatic heterocycles. The molecule has 116 valence electrons. The van der Waals surface area contributed by atoms with Gasteiger partial charge < -0.3 is 19.1 Å². The van der Waals surface area contributed by atoms with E-state index in [0.29, 0.717) is 17.1 Å². The van der Waals surface area contributed by atoms with Crippen LogP contribution in [0.25, 0.3) is 0 Å². The summed E-state index contributed by atoms with van der Waals surface area (Å²) in [7, 11) is 2.93. The summed E-state index contributed by atoms with van der Waals surface area (Å²) in [6.07, 6.45) is 2.22. The fraction of sp³-hybridized carbons (Fsp3) is 0.562. The first-order chi connectivity index (χ1) is 10.2. The Balaban J connectivity index is 2.04. The van der Waals surface area contributed by atoms with E-state index in [9.17, 15) is 4.79 Å². The number of benzene rings is 1. The zero-order valence-corrected chi connectivity index (χ0v) is 12.9. The van der Waals surface area contributed by atoms with Gasteiger partial charge in [-0.15, -0.1) is 0 Å². The third-order valence-electron chi connectivity index (χ3n) is 3.86. The van der Waals surface area contributed by atoms with Crippen LogP contribution in [-0.4, -0.2) is 50.8 Å². The zero-order valence-electron chi connectivity index (χ0n) is 12.9. The molecular weight excluding hydrogens is 270 g/mol. The highest BCUT2D eigenvalue weighted by Crippen LogP contribution is 2.30. The molecule has 0 atom stereocenters. The van der Waals surface area contributed by atoms with E-state index in [1.807, 2.05) is 0 Å². The third-order valence-corrected chi connectivity index (χ3v) is 3.86. The Morgan fingerprint density at radius 2 is 1.95 bits per heavy atom. The van der Waals surface area contributed by atoms with Crippen LogP contribution < -0.4 is 9.47 Å². The molecule has 5 nitrogen and oxygen atoms in total. The van der Waals surface area contributed by atoms with Crippen LogP contribution in [0.3, 0.4) is 0 Å².